The van der Waals surface area contributed by atoms with Gasteiger partial charge in [0.1, 0.15) is 0 Å². The van der Waals surface area contributed by atoms with E-state index in [0.717, 1.165) is 12.8 Å². The zero-order valence-electron chi connectivity index (χ0n) is 10.3. The van der Waals surface area contributed by atoms with E-state index in [1.54, 1.807) is 0 Å². The first-order chi connectivity index (χ1) is 6.99. The van der Waals surface area contributed by atoms with Crippen LogP contribution in [0.4, 0.5) is 0 Å². The quantitative estimate of drug-likeness (QED) is 0.685. The zero-order chi connectivity index (χ0) is 11.1. The van der Waals surface area contributed by atoms with Crippen molar-refractivity contribution >= 4 is 5.91 Å². The third-order valence-electron chi connectivity index (χ3n) is 4.13. The fourth-order valence-corrected chi connectivity index (χ4v) is 2.57. The van der Waals surface area contributed by atoms with Crippen LogP contribution in [0.5, 0.6) is 0 Å². The van der Waals surface area contributed by atoms with Crippen molar-refractivity contribution in [3.05, 3.63) is 0 Å². The van der Waals surface area contributed by atoms with E-state index in [1.807, 2.05) is 11.9 Å². The first-order valence-corrected chi connectivity index (χ1v) is 6.26. The summed E-state index contributed by atoms with van der Waals surface area (Å²) in [5.74, 6) is 0.782. The highest BCUT2D eigenvalue weighted by molar-refractivity contribution is 5.81. The maximum Gasteiger partial charge on any atom is 0.225 e. The maximum absolute atomic E-state index is 11.9. The molecule has 2 aliphatic carbocycles. The Hall–Kier alpha value is -0.530. The lowest BCUT2D eigenvalue weighted by Crippen LogP contribution is -2.41. The summed E-state index contributed by atoms with van der Waals surface area (Å²) < 4.78 is 0. The molecule has 15 heavy (non-hydrogen) atoms. The lowest BCUT2D eigenvalue weighted by Gasteiger charge is -2.38. The van der Waals surface area contributed by atoms with E-state index < -0.39 is 0 Å². The summed E-state index contributed by atoms with van der Waals surface area (Å²) in [5.41, 5.74) is 0.500. The lowest BCUT2D eigenvalue weighted by molar-refractivity contribution is -0.134. The number of hydrogen-bond acceptors (Lipinski definition) is 1. The van der Waals surface area contributed by atoms with E-state index in [2.05, 4.69) is 13.8 Å². The minimum Gasteiger partial charge on any atom is -0.343 e. The molecule has 0 spiro atoms. The minimum atomic E-state index is 0.380. The molecule has 2 rings (SSSR count). The van der Waals surface area contributed by atoms with Crippen molar-refractivity contribution in [2.75, 3.05) is 7.05 Å². The van der Waals surface area contributed by atoms with Gasteiger partial charge in [0.05, 0.1) is 0 Å². The summed E-state index contributed by atoms with van der Waals surface area (Å²) in [5, 5.41) is 0. The summed E-state index contributed by atoms with van der Waals surface area (Å²) >= 11 is 0. The Morgan fingerprint density at radius 3 is 2.13 bits per heavy atom. The molecule has 2 aliphatic rings. The van der Waals surface area contributed by atoms with Crippen LogP contribution in [-0.2, 0) is 4.79 Å². The van der Waals surface area contributed by atoms with Crippen molar-refractivity contribution in [2.24, 2.45) is 11.3 Å². The predicted molar refractivity (Wildman–Crippen MR) is 61.5 cm³/mol. The Balaban J connectivity index is 1.86. The van der Waals surface area contributed by atoms with E-state index >= 15 is 0 Å². The molecule has 0 bridgehead atoms. The molecule has 0 atom stereocenters. The third-order valence-corrected chi connectivity index (χ3v) is 4.13. The largest absolute Gasteiger partial charge is 0.343 e. The summed E-state index contributed by atoms with van der Waals surface area (Å²) in [6.45, 7) is 4.68. The third kappa shape index (κ3) is 2.53. The fourth-order valence-electron chi connectivity index (χ4n) is 2.57. The lowest BCUT2D eigenvalue weighted by atomic mass is 9.75. The van der Waals surface area contributed by atoms with Gasteiger partial charge in [-0.15, -0.1) is 0 Å². The van der Waals surface area contributed by atoms with E-state index in [0.29, 0.717) is 23.3 Å². The van der Waals surface area contributed by atoms with Crippen LogP contribution < -0.4 is 0 Å². The van der Waals surface area contributed by atoms with E-state index in [-0.39, 0.29) is 0 Å². The SMILES string of the molecule is CN(C(=O)C1CC1)C1CCC(C)(C)CC1. The molecule has 2 nitrogen and oxygen atoms in total. The summed E-state index contributed by atoms with van der Waals surface area (Å²) in [6.07, 6.45) is 7.17. The van der Waals surface area contributed by atoms with Gasteiger partial charge in [-0.05, 0) is 43.9 Å². The highest BCUT2D eigenvalue weighted by atomic mass is 16.2. The number of rotatable bonds is 2. The van der Waals surface area contributed by atoms with Crippen molar-refractivity contribution in [3.8, 4) is 0 Å². The molecule has 0 aromatic carbocycles. The molecule has 2 saturated carbocycles. The Kier molecular flexibility index (Phi) is 2.78. The van der Waals surface area contributed by atoms with Gasteiger partial charge in [0, 0.05) is 19.0 Å². The average molecular weight is 209 g/mol. The Bertz CT molecular complexity index is 245. The van der Waals surface area contributed by atoms with Crippen molar-refractivity contribution in [2.45, 2.75) is 58.4 Å². The molecule has 0 N–H and O–H groups in total. The van der Waals surface area contributed by atoms with Crippen LogP contribution in [0.3, 0.4) is 0 Å². The molecule has 1 amide bonds. The normalized spacial score (nSPS) is 26.3. The summed E-state index contributed by atoms with van der Waals surface area (Å²) in [7, 11) is 2.00. The van der Waals surface area contributed by atoms with E-state index in [4.69, 9.17) is 0 Å². The Morgan fingerprint density at radius 2 is 1.67 bits per heavy atom. The van der Waals surface area contributed by atoms with Crippen LogP contribution in [-0.4, -0.2) is 23.9 Å². The Morgan fingerprint density at radius 1 is 1.13 bits per heavy atom. The molecule has 2 fully saturated rings. The van der Waals surface area contributed by atoms with Crippen molar-refractivity contribution in [3.63, 3.8) is 0 Å². The number of hydrogen-bond donors (Lipinski definition) is 0. The van der Waals surface area contributed by atoms with E-state index in [9.17, 15) is 4.79 Å². The second kappa shape index (κ2) is 3.80. The van der Waals surface area contributed by atoms with Crippen LogP contribution in [0.15, 0.2) is 0 Å². The van der Waals surface area contributed by atoms with Crippen LogP contribution in [0.25, 0.3) is 0 Å². The van der Waals surface area contributed by atoms with Crippen LogP contribution in [0.1, 0.15) is 52.4 Å². The maximum atomic E-state index is 11.9. The van der Waals surface area contributed by atoms with Crippen molar-refractivity contribution in [1.29, 1.82) is 0 Å². The number of carbonyl (C=O) groups is 1. The number of carbonyl (C=O) groups excluding carboxylic acids is 1. The van der Waals surface area contributed by atoms with Gasteiger partial charge in [-0.25, -0.2) is 0 Å². The topological polar surface area (TPSA) is 20.3 Å². The molecular weight excluding hydrogens is 186 g/mol. The van der Waals surface area contributed by atoms with Crippen LogP contribution in [0.2, 0.25) is 0 Å². The second-order valence-corrected chi connectivity index (χ2v) is 6.12. The first kappa shape index (κ1) is 11.0. The molecule has 86 valence electrons. The van der Waals surface area contributed by atoms with Crippen LogP contribution in [0, 0.1) is 11.3 Å². The minimum absolute atomic E-state index is 0.380. The predicted octanol–water partition coefficient (Wildman–Crippen LogP) is 2.82. The van der Waals surface area contributed by atoms with Gasteiger partial charge in [-0.3, -0.25) is 4.79 Å². The molecule has 0 saturated heterocycles. The van der Waals surface area contributed by atoms with Gasteiger partial charge >= 0.3 is 0 Å². The molecular formula is C13H23NO. The summed E-state index contributed by atoms with van der Waals surface area (Å²) in [4.78, 5) is 13.9. The molecule has 0 heterocycles. The van der Waals surface area contributed by atoms with Crippen LogP contribution >= 0.6 is 0 Å². The van der Waals surface area contributed by atoms with Gasteiger partial charge in [-0.2, -0.15) is 0 Å². The van der Waals surface area contributed by atoms with Gasteiger partial charge in [0.25, 0.3) is 0 Å². The monoisotopic (exact) mass is 209 g/mol. The molecule has 0 radical (unpaired) electrons. The van der Waals surface area contributed by atoms with Gasteiger partial charge < -0.3 is 4.90 Å². The molecule has 0 aromatic rings. The first-order valence-electron chi connectivity index (χ1n) is 6.26. The summed E-state index contributed by atoms with van der Waals surface area (Å²) in [6, 6.07) is 0.520. The molecule has 0 unspecified atom stereocenters. The highest BCUT2D eigenvalue weighted by Crippen LogP contribution is 2.38. The molecule has 0 aliphatic heterocycles. The highest BCUT2D eigenvalue weighted by Gasteiger charge is 2.36. The van der Waals surface area contributed by atoms with Crippen molar-refractivity contribution < 1.29 is 4.79 Å². The smallest absolute Gasteiger partial charge is 0.225 e. The molecule has 0 aromatic heterocycles. The average Bonchev–Trinajstić information content (AvgIpc) is 2.99. The second-order valence-electron chi connectivity index (χ2n) is 6.12. The fraction of sp³-hybridized carbons (Fsp3) is 0.923. The van der Waals surface area contributed by atoms with Gasteiger partial charge in [-0.1, -0.05) is 13.8 Å². The van der Waals surface area contributed by atoms with Crippen molar-refractivity contribution in [1.82, 2.24) is 4.90 Å². The van der Waals surface area contributed by atoms with Gasteiger partial charge in [0.2, 0.25) is 5.91 Å². The standard InChI is InChI=1S/C13H23NO/c1-13(2)8-6-11(7-9-13)14(3)12(15)10-4-5-10/h10-11H,4-9H2,1-3H3. The van der Waals surface area contributed by atoms with E-state index in [1.165, 1.54) is 25.7 Å². The van der Waals surface area contributed by atoms with Gasteiger partial charge in [0.15, 0.2) is 0 Å². The number of amides is 1. The Labute approximate surface area is 93.0 Å². The molecule has 2 heteroatoms. The number of nitrogens with zero attached hydrogens (tertiary/aromatic N) is 1. The zero-order valence-corrected chi connectivity index (χ0v) is 10.3.